The van der Waals surface area contributed by atoms with E-state index in [9.17, 15) is 70.2 Å². The molecular formula is C16H14F16O. The van der Waals surface area contributed by atoms with E-state index < -0.39 is 73.4 Å². The molecule has 0 aliphatic rings. The highest BCUT2D eigenvalue weighted by atomic mass is 19.3. The van der Waals surface area contributed by atoms with Crippen LogP contribution in [0.1, 0.15) is 12.8 Å². The topological polar surface area (TPSA) is 9.23 Å². The van der Waals surface area contributed by atoms with E-state index in [0.29, 0.717) is 0 Å². The van der Waals surface area contributed by atoms with Gasteiger partial charge in [0.1, 0.15) is 0 Å². The van der Waals surface area contributed by atoms with Gasteiger partial charge >= 0.3 is 23.7 Å². The first-order chi connectivity index (χ1) is 14.5. The zero-order chi connectivity index (χ0) is 26.8. The van der Waals surface area contributed by atoms with Gasteiger partial charge in [-0.3, -0.25) is 4.74 Å². The van der Waals surface area contributed by atoms with Gasteiger partial charge in [0, 0.05) is 12.8 Å². The Morgan fingerprint density at radius 1 is 0.545 bits per heavy atom. The molecule has 0 radical (unpaired) electrons. The zero-order valence-electron chi connectivity index (χ0n) is 15.7. The summed E-state index contributed by atoms with van der Waals surface area (Å²) in [5, 5.41) is 0. The van der Waals surface area contributed by atoms with Gasteiger partial charge in [-0.05, 0) is 0 Å². The Kier molecular flexibility index (Phi) is 9.39. The first kappa shape index (κ1) is 31.3. The summed E-state index contributed by atoms with van der Waals surface area (Å²) in [7, 11) is 0. The molecular weight excluding hydrogens is 512 g/mol. The van der Waals surface area contributed by atoms with Crippen LogP contribution in [0.5, 0.6) is 0 Å². The lowest BCUT2D eigenvalue weighted by molar-refractivity contribution is -0.444. The molecule has 33 heavy (non-hydrogen) atoms. The number of halogens is 16. The Hall–Kier alpha value is -1.68. The maximum atomic E-state index is 14.8. The summed E-state index contributed by atoms with van der Waals surface area (Å²) < 4.78 is 218. The molecule has 0 heterocycles. The highest BCUT2D eigenvalue weighted by Crippen LogP contribution is 2.57. The van der Waals surface area contributed by atoms with E-state index in [0.717, 1.165) is 0 Å². The summed E-state index contributed by atoms with van der Waals surface area (Å²) in [6.07, 6.45) is -25.9. The second-order valence-electron chi connectivity index (χ2n) is 6.41. The average Bonchev–Trinajstić information content (AvgIpc) is 2.65. The molecule has 0 amide bonds. The van der Waals surface area contributed by atoms with Crippen LogP contribution in [0.4, 0.5) is 70.2 Å². The van der Waals surface area contributed by atoms with Gasteiger partial charge in [-0.1, -0.05) is 12.2 Å². The minimum absolute atomic E-state index is 0.235. The monoisotopic (exact) mass is 526 g/mol. The van der Waals surface area contributed by atoms with Crippen LogP contribution in [-0.2, 0) is 4.74 Å². The zero-order valence-corrected chi connectivity index (χ0v) is 15.7. The van der Waals surface area contributed by atoms with E-state index in [1.807, 2.05) is 0 Å². The van der Waals surface area contributed by atoms with Gasteiger partial charge in [-0.15, -0.1) is 13.2 Å². The maximum absolute atomic E-state index is 14.8. The van der Waals surface area contributed by atoms with Gasteiger partial charge in [0.05, 0.1) is 0 Å². The Morgan fingerprint density at radius 2 is 0.788 bits per heavy atom. The Balaban J connectivity index is 6.84. The van der Waals surface area contributed by atoms with Crippen molar-refractivity contribution in [3.8, 4) is 0 Å². The molecule has 0 aromatic rings. The summed E-state index contributed by atoms with van der Waals surface area (Å²) in [6.45, 7) is 4.96. The standard InChI is InChI=1S/C16H14F16O/c1-3-5-11(23,15(29,30)13(25,26)7(17)9(19)20)33-12(24,6-4-2)16(31,32)14(27,28)8(18)10(21)22/h3-4,7-10H,1-2,5-6H2. The van der Waals surface area contributed by atoms with Crippen LogP contribution in [0, 0.1) is 0 Å². The molecule has 4 atom stereocenters. The lowest BCUT2D eigenvalue weighted by atomic mass is 9.93. The predicted molar refractivity (Wildman–Crippen MR) is 80.0 cm³/mol. The first-order valence-electron chi connectivity index (χ1n) is 8.19. The Morgan fingerprint density at radius 3 is 0.970 bits per heavy atom. The molecule has 0 saturated carbocycles. The average molecular weight is 526 g/mol. The summed E-state index contributed by atoms with van der Waals surface area (Å²) >= 11 is 0. The number of ether oxygens (including phenoxy) is 1. The predicted octanol–water partition coefficient (Wildman–Crippen LogP) is 7.23. The number of alkyl halides is 16. The van der Waals surface area contributed by atoms with Gasteiger partial charge in [0.15, 0.2) is 0 Å². The van der Waals surface area contributed by atoms with Gasteiger partial charge in [-0.2, -0.15) is 35.1 Å². The SMILES string of the molecule is C=CCC(F)(OC(F)(CC=C)C(F)(F)C(F)(F)C(F)C(F)F)C(F)(F)C(F)(F)C(F)C(F)F. The van der Waals surface area contributed by atoms with Crippen molar-refractivity contribution in [3.05, 3.63) is 25.3 Å². The summed E-state index contributed by atoms with van der Waals surface area (Å²) in [6, 6.07) is 0. The summed E-state index contributed by atoms with van der Waals surface area (Å²) in [5.74, 6) is -39.8. The van der Waals surface area contributed by atoms with Crippen LogP contribution in [0.25, 0.3) is 0 Å². The molecule has 17 heteroatoms. The minimum atomic E-state index is -7.01. The summed E-state index contributed by atoms with van der Waals surface area (Å²) in [5.41, 5.74) is 0. The summed E-state index contributed by atoms with van der Waals surface area (Å²) in [4.78, 5) is 0. The van der Waals surface area contributed by atoms with Gasteiger partial charge in [0.2, 0.25) is 12.3 Å². The quantitative estimate of drug-likeness (QED) is 0.171. The van der Waals surface area contributed by atoms with E-state index >= 15 is 0 Å². The van der Waals surface area contributed by atoms with Crippen molar-refractivity contribution >= 4 is 0 Å². The molecule has 0 aliphatic carbocycles. The Bertz CT molecular complexity index is 623. The van der Waals surface area contributed by atoms with E-state index in [4.69, 9.17) is 0 Å². The largest absolute Gasteiger partial charge is 0.370 e. The molecule has 0 saturated heterocycles. The van der Waals surface area contributed by atoms with E-state index in [-0.39, 0.29) is 12.2 Å². The molecule has 1 nitrogen and oxygen atoms in total. The van der Waals surface area contributed by atoms with Crippen LogP contribution in [0.3, 0.4) is 0 Å². The van der Waals surface area contributed by atoms with Gasteiger partial charge < -0.3 is 0 Å². The lowest BCUT2D eigenvalue weighted by Gasteiger charge is -2.44. The number of hydrogen-bond acceptors (Lipinski definition) is 1. The maximum Gasteiger partial charge on any atom is 0.370 e. The van der Waals surface area contributed by atoms with Crippen LogP contribution in [0.15, 0.2) is 25.3 Å². The van der Waals surface area contributed by atoms with Crippen LogP contribution >= 0.6 is 0 Å². The normalized spacial score (nSPS) is 19.7. The van der Waals surface area contributed by atoms with Crippen LogP contribution in [0.2, 0.25) is 0 Å². The highest BCUT2D eigenvalue weighted by molar-refractivity contribution is 5.09. The van der Waals surface area contributed by atoms with Crippen LogP contribution in [-0.4, -0.2) is 60.6 Å². The number of hydrogen-bond donors (Lipinski definition) is 0. The van der Waals surface area contributed by atoms with E-state index in [2.05, 4.69) is 17.9 Å². The first-order valence-corrected chi connectivity index (χ1v) is 8.19. The van der Waals surface area contributed by atoms with Crippen molar-refractivity contribution < 1.29 is 75.0 Å². The molecule has 0 spiro atoms. The van der Waals surface area contributed by atoms with E-state index in [1.54, 1.807) is 0 Å². The minimum Gasteiger partial charge on any atom is -0.297 e. The Labute approximate surface area is 175 Å². The molecule has 4 unspecified atom stereocenters. The van der Waals surface area contributed by atoms with Crippen molar-refractivity contribution in [3.63, 3.8) is 0 Å². The van der Waals surface area contributed by atoms with Crippen molar-refractivity contribution in [1.29, 1.82) is 0 Å². The molecule has 0 aromatic heterocycles. The van der Waals surface area contributed by atoms with Gasteiger partial charge in [0.25, 0.3) is 24.6 Å². The lowest BCUT2D eigenvalue weighted by Crippen LogP contribution is -2.68. The van der Waals surface area contributed by atoms with Crippen molar-refractivity contribution in [2.75, 3.05) is 0 Å². The highest BCUT2D eigenvalue weighted by Gasteiger charge is 2.81. The molecule has 196 valence electrons. The van der Waals surface area contributed by atoms with Gasteiger partial charge in [-0.25, -0.2) is 35.1 Å². The second kappa shape index (κ2) is 9.90. The smallest absolute Gasteiger partial charge is 0.297 e. The molecule has 0 fully saturated rings. The third kappa shape index (κ3) is 5.21. The fourth-order valence-electron chi connectivity index (χ4n) is 2.26. The third-order valence-corrected chi connectivity index (χ3v) is 4.05. The fraction of sp³-hybridized carbons (Fsp3) is 0.750. The molecule has 0 bridgehead atoms. The second-order valence-corrected chi connectivity index (χ2v) is 6.41. The van der Waals surface area contributed by atoms with Crippen molar-refractivity contribution in [2.24, 2.45) is 0 Å². The fourth-order valence-corrected chi connectivity index (χ4v) is 2.26. The van der Waals surface area contributed by atoms with E-state index in [1.165, 1.54) is 0 Å². The molecule has 0 rings (SSSR count). The molecule has 0 aliphatic heterocycles. The number of rotatable bonds is 14. The van der Waals surface area contributed by atoms with Crippen molar-refractivity contribution in [1.82, 2.24) is 0 Å². The molecule has 0 N–H and O–H groups in total. The third-order valence-electron chi connectivity index (χ3n) is 4.05. The van der Waals surface area contributed by atoms with Crippen molar-refractivity contribution in [2.45, 2.75) is 73.4 Å². The van der Waals surface area contributed by atoms with Crippen LogP contribution < -0.4 is 0 Å². The molecule has 0 aromatic carbocycles.